The molecule has 3 aliphatic rings. The first kappa shape index (κ1) is 31.9. The van der Waals surface area contributed by atoms with Crippen LogP contribution in [0.25, 0.3) is 0 Å². The van der Waals surface area contributed by atoms with E-state index in [1.165, 1.54) is 4.90 Å². The maximum Gasteiger partial charge on any atom is 0.249 e. The number of halogens is 1. The SMILES string of the molecule is C=CCN(Cc1ccccc1)C(=O)C1N([C@H](CO)c2ccccc2)C(=O)[C@@H]2[C@H](C(=O)N(CC=C)c3ccccc3)[C@H]3OC12CC3Br. The summed E-state index contributed by atoms with van der Waals surface area (Å²) in [6.45, 7) is 8.14. The minimum atomic E-state index is -1.29. The van der Waals surface area contributed by atoms with Gasteiger partial charge in [-0.1, -0.05) is 107 Å². The van der Waals surface area contributed by atoms with Gasteiger partial charge in [0.15, 0.2) is 0 Å². The van der Waals surface area contributed by atoms with Crippen LogP contribution in [0, 0.1) is 11.8 Å². The molecular formula is C37H38BrN3O5. The third-order valence-corrected chi connectivity index (χ3v) is 10.3. The molecular weight excluding hydrogens is 646 g/mol. The molecule has 2 bridgehead atoms. The molecule has 7 atom stereocenters. The lowest BCUT2D eigenvalue weighted by Gasteiger charge is -2.39. The lowest BCUT2D eigenvalue weighted by Crippen LogP contribution is -2.57. The van der Waals surface area contributed by atoms with Crippen LogP contribution in [0.4, 0.5) is 5.69 Å². The number of hydrogen-bond donors (Lipinski definition) is 1. The monoisotopic (exact) mass is 683 g/mol. The van der Waals surface area contributed by atoms with Crippen molar-refractivity contribution in [2.75, 3.05) is 24.6 Å². The Balaban J connectivity index is 1.47. The molecule has 8 nitrogen and oxygen atoms in total. The number of aliphatic hydroxyl groups excluding tert-OH is 1. The van der Waals surface area contributed by atoms with Gasteiger partial charge in [-0.15, -0.1) is 13.2 Å². The third kappa shape index (κ3) is 5.40. The Kier molecular flexibility index (Phi) is 9.27. The Labute approximate surface area is 278 Å². The number of likely N-dealkylation sites (tertiary alicyclic amines) is 1. The van der Waals surface area contributed by atoms with Crippen LogP contribution in [0.1, 0.15) is 23.6 Å². The van der Waals surface area contributed by atoms with Gasteiger partial charge in [-0.05, 0) is 29.7 Å². The zero-order chi connectivity index (χ0) is 32.4. The van der Waals surface area contributed by atoms with Crippen LogP contribution < -0.4 is 4.90 Å². The molecule has 0 aromatic heterocycles. The van der Waals surface area contributed by atoms with Crippen molar-refractivity contribution < 1.29 is 24.2 Å². The predicted molar refractivity (Wildman–Crippen MR) is 180 cm³/mol. The molecule has 238 valence electrons. The molecule has 3 amide bonds. The van der Waals surface area contributed by atoms with Gasteiger partial charge in [-0.25, -0.2) is 0 Å². The number of fused-ring (bicyclic) bond motifs is 1. The summed E-state index contributed by atoms with van der Waals surface area (Å²) in [4.78, 5) is 48.9. The van der Waals surface area contributed by atoms with E-state index >= 15 is 0 Å². The summed E-state index contributed by atoms with van der Waals surface area (Å²) in [6.07, 6.45) is 3.06. The molecule has 3 heterocycles. The molecule has 1 spiro atoms. The van der Waals surface area contributed by atoms with Crippen molar-refractivity contribution in [2.45, 2.75) is 41.6 Å². The molecule has 0 saturated carbocycles. The molecule has 3 aliphatic heterocycles. The van der Waals surface area contributed by atoms with Crippen molar-refractivity contribution in [3.63, 3.8) is 0 Å². The normalized spacial score (nSPS) is 26.8. The second-order valence-corrected chi connectivity index (χ2v) is 13.3. The van der Waals surface area contributed by atoms with E-state index in [4.69, 9.17) is 4.74 Å². The van der Waals surface area contributed by atoms with E-state index in [0.717, 1.165) is 5.56 Å². The summed E-state index contributed by atoms with van der Waals surface area (Å²) in [5.74, 6) is -2.73. The Morgan fingerprint density at radius 2 is 1.57 bits per heavy atom. The summed E-state index contributed by atoms with van der Waals surface area (Å²) in [7, 11) is 0. The van der Waals surface area contributed by atoms with Gasteiger partial charge >= 0.3 is 0 Å². The summed E-state index contributed by atoms with van der Waals surface area (Å²) < 4.78 is 6.80. The number of ether oxygens (including phenoxy) is 1. The molecule has 3 saturated heterocycles. The average molecular weight is 685 g/mol. The largest absolute Gasteiger partial charge is 0.394 e. The smallest absolute Gasteiger partial charge is 0.249 e. The summed E-state index contributed by atoms with van der Waals surface area (Å²) in [5.41, 5.74) is 1.01. The number of amides is 3. The Morgan fingerprint density at radius 1 is 0.957 bits per heavy atom. The lowest BCUT2D eigenvalue weighted by atomic mass is 9.70. The average Bonchev–Trinajstić information content (AvgIpc) is 3.68. The summed E-state index contributed by atoms with van der Waals surface area (Å²) in [5, 5.41) is 10.8. The fraction of sp³-hybridized carbons (Fsp3) is 0.324. The summed E-state index contributed by atoms with van der Waals surface area (Å²) >= 11 is 3.78. The Hall–Kier alpha value is -4.05. The highest BCUT2D eigenvalue weighted by atomic mass is 79.9. The number of rotatable bonds is 12. The number of carbonyl (C=O) groups excluding carboxylic acids is 3. The number of benzene rings is 3. The number of para-hydroxylation sites is 1. The van der Waals surface area contributed by atoms with Crippen molar-refractivity contribution in [3.8, 4) is 0 Å². The van der Waals surface area contributed by atoms with Crippen molar-refractivity contribution in [3.05, 3.63) is 127 Å². The van der Waals surface area contributed by atoms with Crippen molar-refractivity contribution in [1.82, 2.24) is 9.80 Å². The maximum absolute atomic E-state index is 14.9. The van der Waals surface area contributed by atoms with E-state index < -0.39 is 42.2 Å². The molecule has 0 radical (unpaired) electrons. The predicted octanol–water partition coefficient (Wildman–Crippen LogP) is 4.90. The van der Waals surface area contributed by atoms with Crippen LogP contribution >= 0.6 is 15.9 Å². The fourth-order valence-corrected chi connectivity index (χ4v) is 8.54. The molecule has 3 unspecified atom stereocenters. The van der Waals surface area contributed by atoms with Crippen LogP contribution in [-0.2, 0) is 25.7 Å². The summed E-state index contributed by atoms with van der Waals surface area (Å²) in [6, 6.07) is 26.2. The molecule has 9 heteroatoms. The number of nitrogens with zero attached hydrogens (tertiary/aromatic N) is 3. The molecule has 6 rings (SSSR count). The standard InChI is InChI=1S/C37H38BrN3O5/c1-3-20-39(23-25-14-8-5-9-15-25)36(45)33-37-22-28(38)32(46-37)30(34(43)40(21-4-2)27-18-12-7-13-19-27)31(37)35(44)41(33)29(24-42)26-16-10-6-11-17-26/h3-19,28-33,42H,1-2,20-24H2/t28?,29-,30+,31+,32+,33?,37?/m1/s1. The van der Waals surface area contributed by atoms with Crippen LogP contribution in [0.2, 0.25) is 0 Å². The number of carbonyl (C=O) groups is 3. The fourth-order valence-electron chi connectivity index (χ4n) is 7.60. The Morgan fingerprint density at radius 3 is 2.17 bits per heavy atom. The van der Waals surface area contributed by atoms with Crippen molar-refractivity contribution in [1.29, 1.82) is 0 Å². The second kappa shape index (κ2) is 13.4. The zero-order valence-corrected chi connectivity index (χ0v) is 27.1. The minimum absolute atomic E-state index is 0.243. The van der Waals surface area contributed by atoms with Crippen LogP contribution in [-0.4, -0.2) is 74.9 Å². The molecule has 3 aromatic rings. The first-order valence-corrected chi connectivity index (χ1v) is 16.5. The first-order valence-electron chi connectivity index (χ1n) is 15.6. The highest BCUT2D eigenvalue weighted by molar-refractivity contribution is 9.09. The molecule has 3 aromatic carbocycles. The van der Waals surface area contributed by atoms with Gasteiger partial charge in [-0.2, -0.15) is 0 Å². The van der Waals surface area contributed by atoms with Crippen LogP contribution in [0.3, 0.4) is 0 Å². The van der Waals surface area contributed by atoms with Crippen molar-refractivity contribution in [2.24, 2.45) is 11.8 Å². The topological polar surface area (TPSA) is 90.4 Å². The number of aliphatic hydroxyl groups is 1. The van der Waals surface area contributed by atoms with Gasteiger partial charge in [0.05, 0.1) is 30.6 Å². The van der Waals surface area contributed by atoms with Gasteiger partial charge in [0, 0.05) is 30.1 Å². The van der Waals surface area contributed by atoms with Gasteiger partial charge in [-0.3, -0.25) is 14.4 Å². The minimum Gasteiger partial charge on any atom is -0.394 e. The van der Waals surface area contributed by atoms with E-state index in [1.807, 2.05) is 91.0 Å². The quantitative estimate of drug-likeness (QED) is 0.217. The van der Waals surface area contributed by atoms with Crippen molar-refractivity contribution >= 4 is 39.3 Å². The van der Waals surface area contributed by atoms with E-state index in [9.17, 15) is 19.5 Å². The lowest BCUT2D eigenvalue weighted by molar-refractivity contribution is -0.151. The van der Waals surface area contributed by atoms with E-state index in [-0.39, 0.29) is 35.6 Å². The third-order valence-electron chi connectivity index (χ3n) is 9.46. The van der Waals surface area contributed by atoms with Crippen LogP contribution in [0.5, 0.6) is 0 Å². The first-order chi connectivity index (χ1) is 22.4. The maximum atomic E-state index is 14.9. The number of alkyl halides is 1. The van der Waals surface area contributed by atoms with Gasteiger partial charge in [0.2, 0.25) is 17.7 Å². The van der Waals surface area contributed by atoms with Crippen LogP contribution in [0.15, 0.2) is 116 Å². The van der Waals surface area contributed by atoms with Gasteiger partial charge in [0.1, 0.15) is 11.6 Å². The number of anilines is 1. The van der Waals surface area contributed by atoms with E-state index in [1.54, 1.807) is 22.0 Å². The van der Waals surface area contributed by atoms with Gasteiger partial charge < -0.3 is 24.5 Å². The highest BCUT2D eigenvalue weighted by Gasteiger charge is 2.77. The highest BCUT2D eigenvalue weighted by Crippen LogP contribution is 2.61. The van der Waals surface area contributed by atoms with E-state index in [0.29, 0.717) is 24.2 Å². The number of hydrogen-bond acceptors (Lipinski definition) is 5. The van der Waals surface area contributed by atoms with E-state index in [2.05, 4.69) is 29.1 Å². The van der Waals surface area contributed by atoms with Gasteiger partial charge in [0.25, 0.3) is 0 Å². The second-order valence-electron chi connectivity index (χ2n) is 12.1. The zero-order valence-electron chi connectivity index (χ0n) is 25.5. The molecule has 0 aliphatic carbocycles. The Bertz CT molecular complexity index is 1590. The molecule has 1 N–H and O–H groups in total. The molecule has 3 fully saturated rings. The molecule has 46 heavy (non-hydrogen) atoms.